The lowest BCUT2D eigenvalue weighted by Crippen LogP contribution is -2.40. The van der Waals surface area contributed by atoms with E-state index in [-0.39, 0.29) is 6.10 Å². The molecule has 1 heterocycles. The first kappa shape index (κ1) is 10.5. The highest BCUT2D eigenvalue weighted by molar-refractivity contribution is 5.37. The van der Waals surface area contributed by atoms with Gasteiger partial charge < -0.3 is 14.2 Å². The second-order valence-electron chi connectivity index (χ2n) is 3.91. The third kappa shape index (κ3) is 1.85. The van der Waals surface area contributed by atoms with Crippen molar-refractivity contribution in [1.29, 1.82) is 0 Å². The Kier molecular flexibility index (Phi) is 2.67. The second kappa shape index (κ2) is 3.83. The van der Waals surface area contributed by atoms with Crippen molar-refractivity contribution in [3.8, 4) is 5.75 Å². The molecule has 3 heteroatoms. The minimum absolute atomic E-state index is 0.0416. The molecule has 0 N–H and O–H groups in total. The lowest BCUT2D eigenvalue weighted by Gasteiger charge is -2.37. The van der Waals surface area contributed by atoms with Gasteiger partial charge in [-0.1, -0.05) is 18.2 Å². The predicted octanol–water partition coefficient (Wildman–Crippen LogP) is 2.52. The van der Waals surface area contributed by atoms with Crippen molar-refractivity contribution in [2.75, 3.05) is 14.2 Å². The van der Waals surface area contributed by atoms with Crippen molar-refractivity contribution in [2.24, 2.45) is 0 Å². The first-order valence-electron chi connectivity index (χ1n) is 5.04. The van der Waals surface area contributed by atoms with Crippen molar-refractivity contribution < 1.29 is 14.2 Å². The van der Waals surface area contributed by atoms with E-state index in [1.165, 1.54) is 0 Å². The average Bonchev–Trinajstić information content (AvgIpc) is 2.28. The van der Waals surface area contributed by atoms with Crippen molar-refractivity contribution in [2.45, 2.75) is 25.2 Å². The van der Waals surface area contributed by atoms with Crippen molar-refractivity contribution in [1.82, 2.24) is 0 Å². The van der Waals surface area contributed by atoms with E-state index in [0.717, 1.165) is 11.3 Å². The molecule has 1 aromatic rings. The molecule has 2 rings (SSSR count). The molecule has 0 saturated heterocycles. The van der Waals surface area contributed by atoms with Crippen LogP contribution in [0.25, 0.3) is 0 Å². The van der Waals surface area contributed by atoms with E-state index in [9.17, 15) is 0 Å². The van der Waals surface area contributed by atoms with Crippen LogP contribution in [0, 0.1) is 0 Å². The van der Waals surface area contributed by atoms with Crippen LogP contribution in [0.4, 0.5) is 0 Å². The molecule has 0 radical (unpaired) electrons. The standard InChI is InChI=1S/C12H16O3/c1-12(14-3)8-11(13-2)9-6-4-5-7-10(9)15-12/h4-7,11H,8H2,1-3H3/t11-,12-/m0/s1. The van der Waals surface area contributed by atoms with Crippen molar-refractivity contribution in [3.63, 3.8) is 0 Å². The molecule has 0 aliphatic carbocycles. The van der Waals surface area contributed by atoms with Crippen LogP contribution in [-0.4, -0.2) is 20.0 Å². The molecule has 1 aromatic carbocycles. The molecule has 1 aliphatic heterocycles. The minimum Gasteiger partial charge on any atom is -0.462 e. The smallest absolute Gasteiger partial charge is 0.210 e. The topological polar surface area (TPSA) is 27.7 Å². The largest absolute Gasteiger partial charge is 0.462 e. The Morgan fingerprint density at radius 1 is 1.33 bits per heavy atom. The Balaban J connectivity index is 2.38. The Bertz CT molecular complexity index is 350. The van der Waals surface area contributed by atoms with Crippen LogP contribution in [0.15, 0.2) is 24.3 Å². The third-order valence-corrected chi connectivity index (χ3v) is 2.86. The van der Waals surface area contributed by atoms with Crippen molar-refractivity contribution >= 4 is 0 Å². The summed E-state index contributed by atoms with van der Waals surface area (Å²) in [5, 5.41) is 0. The Labute approximate surface area is 90.0 Å². The molecular weight excluding hydrogens is 192 g/mol. The van der Waals surface area contributed by atoms with Crippen LogP contribution < -0.4 is 4.74 Å². The lowest BCUT2D eigenvalue weighted by atomic mass is 9.97. The van der Waals surface area contributed by atoms with E-state index in [1.54, 1.807) is 14.2 Å². The van der Waals surface area contributed by atoms with Gasteiger partial charge in [-0.05, 0) is 6.07 Å². The number of rotatable bonds is 2. The van der Waals surface area contributed by atoms with Gasteiger partial charge in [0.2, 0.25) is 5.79 Å². The first-order chi connectivity index (χ1) is 7.18. The lowest BCUT2D eigenvalue weighted by molar-refractivity contribution is -0.184. The number of hydrogen-bond acceptors (Lipinski definition) is 3. The number of para-hydroxylation sites is 1. The van der Waals surface area contributed by atoms with Crippen LogP contribution in [-0.2, 0) is 9.47 Å². The maximum Gasteiger partial charge on any atom is 0.210 e. The molecule has 0 saturated carbocycles. The summed E-state index contributed by atoms with van der Waals surface area (Å²) in [6, 6.07) is 7.91. The number of fused-ring (bicyclic) bond motifs is 1. The molecule has 1 aliphatic rings. The normalized spacial score (nSPS) is 29.4. The summed E-state index contributed by atoms with van der Waals surface area (Å²) in [5.41, 5.74) is 1.09. The third-order valence-electron chi connectivity index (χ3n) is 2.86. The summed E-state index contributed by atoms with van der Waals surface area (Å²) in [6.07, 6.45) is 0.747. The highest BCUT2D eigenvalue weighted by atomic mass is 16.7. The Morgan fingerprint density at radius 3 is 2.73 bits per heavy atom. The van der Waals surface area contributed by atoms with Crippen LogP contribution in [0.3, 0.4) is 0 Å². The molecule has 15 heavy (non-hydrogen) atoms. The van der Waals surface area contributed by atoms with Gasteiger partial charge in [-0.25, -0.2) is 0 Å². The molecule has 0 spiro atoms. The van der Waals surface area contributed by atoms with Gasteiger partial charge in [0, 0.05) is 33.1 Å². The van der Waals surface area contributed by atoms with Gasteiger partial charge in [0.25, 0.3) is 0 Å². The molecule has 2 atom stereocenters. The van der Waals surface area contributed by atoms with Crippen LogP contribution in [0.5, 0.6) is 5.75 Å². The molecule has 82 valence electrons. The van der Waals surface area contributed by atoms with Gasteiger partial charge in [0.05, 0.1) is 6.10 Å². The maximum absolute atomic E-state index is 5.80. The van der Waals surface area contributed by atoms with E-state index in [0.29, 0.717) is 6.42 Å². The Hall–Kier alpha value is -1.06. The van der Waals surface area contributed by atoms with Crippen LogP contribution in [0.2, 0.25) is 0 Å². The van der Waals surface area contributed by atoms with Crippen molar-refractivity contribution in [3.05, 3.63) is 29.8 Å². The number of hydrogen-bond donors (Lipinski definition) is 0. The van der Waals surface area contributed by atoms with E-state index in [4.69, 9.17) is 14.2 Å². The van der Waals surface area contributed by atoms with E-state index in [2.05, 4.69) is 0 Å². The second-order valence-corrected chi connectivity index (χ2v) is 3.91. The molecule has 0 fully saturated rings. The highest BCUT2D eigenvalue weighted by Crippen LogP contribution is 2.41. The molecule has 3 nitrogen and oxygen atoms in total. The molecular formula is C12H16O3. The summed E-state index contributed by atoms with van der Waals surface area (Å²) >= 11 is 0. The number of benzene rings is 1. The zero-order valence-electron chi connectivity index (χ0n) is 9.32. The predicted molar refractivity (Wildman–Crippen MR) is 56.9 cm³/mol. The van der Waals surface area contributed by atoms with Gasteiger partial charge in [-0.3, -0.25) is 0 Å². The summed E-state index contributed by atoms with van der Waals surface area (Å²) < 4.78 is 16.6. The fourth-order valence-corrected chi connectivity index (χ4v) is 1.90. The summed E-state index contributed by atoms with van der Waals surface area (Å²) in [5.74, 6) is 0.259. The maximum atomic E-state index is 5.80. The van der Waals surface area contributed by atoms with Gasteiger partial charge >= 0.3 is 0 Å². The molecule has 0 unspecified atom stereocenters. The van der Waals surface area contributed by atoms with E-state index in [1.807, 2.05) is 31.2 Å². The average molecular weight is 208 g/mol. The molecule has 0 amide bonds. The number of methoxy groups -OCH3 is 2. The van der Waals surface area contributed by atoms with E-state index >= 15 is 0 Å². The van der Waals surface area contributed by atoms with Gasteiger partial charge in [0.1, 0.15) is 5.75 Å². The summed E-state index contributed by atoms with van der Waals surface area (Å²) in [7, 11) is 3.36. The summed E-state index contributed by atoms with van der Waals surface area (Å²) in [4.78, 5) is 0. The summed E-state index contributed by atoms with van der Waals surface area (Å²) in [6.45, 7) is 1.93. The minimum atomic E-state index is -0.588. The monoisotopic (exact) mass is 208 g/mol. The molecule has 0 bridgehead atoms. The highest BCUT2D eigenvalue weighted by Gasteiger charge is 2.37. The number of ether oxygens (including phenoxy) is 3. The fourth-order valence-electron chi connectivity index (χ4n) is 1.90. The quantitative estimate of drug-likeness (QED) is 0.747. The van der Waals surface area contributed by atoms with Crippen LogP contribution in [0.1, 0.15) is 25.0 Å². The zero-order chi connectivity index (χ0) is 10.9. The molecule has 0 aromatic heterocycles. The first-order valence-corrected chi connectivity index (χ1v) is 5.04. The SMILES string of the molecule is CO[C@H]1C[C@@](C)(OC)Oc2ccccc21. The fraction of sp³-hybridized carbons (Fsp3) is 0.500. The van der Waals surface area contributed by atoms with Gasteiger partial charge in [0.15, 0.2) is 0 Å². The zero-order valence-corrected chi connectivity index (χ0v) is 9.32. The Morgan fingerprint density at radius 2 is 2.07 bits per heavy atom. The van der Waals surface area contributed by atoms with Crippen LogP contribution >= 0.6 is 0 Å². The van der Waals surface area contributed by atoms with Gasteiger partial charge in [-0.2, -0.15) is 0 Å². The van der Waals surface area contributed by atoms with E-state index < -0.39 is 5.79 Å². The van der Waals surface area contributed by atoms with Gasteiger partial charge in [-0.15, -0.1) is 0 Å².